The third-order valence-electron chi connectivity index (χ3n) is 1.13. The maximum atomic E-state index is 9.02. The molecule has 0 aliphatic heterocycles. The summed E-state index contributed by atoms with van der Waals surface area (Å²) in [6.07, 6.45) is 0. The zero-order chi connectivity index (χ0) is 11.9. The van der Waals surface area contributed by atoms with Crippen LogP contribution in [0.5, 0.6) is 0 Å². The summed E-state index contributed by atoms with van der Waals surface area (Å²) < 4.78 is 26.8. The topological polar surface area (TPSA) is 104 Å². The third kappa shape index (κ3) is 29.8. The summed E-state index contributed by atoms with van der Waals surface area (Å²) in [6.45, 7) is -2.20. The molecule has 1 aromatic rings. The summed E-state index contributed by atoms with van der Waals surface area (Å²) in [5.74, 6) is 0. The maximum Gasteiger partial charge on any atom is 1.00 e. The van der Waals surface area contributed by atoms with Crippen molar-refractivity contribution in [1.82, 2.24) is 0 Å². The predicted molar refractivity (Wildman–Crippen MR) is 78.1 cm³/mol. The van der Waals surface area contributed by atoms with Crippen LogP contribution in [-0.4, -0.2) is 15.9 Å². The third-order valence-corrected chi connectivity index (χ3v) is 2.71. The van der Waals surface area contributed by atoms with E-state index in [-0.39, 0.29) is 178 Å². The molecule has 0 bridgehead atoms. The molecule has 0 atom stereocenters. The van der Waals surface area contributed by atoms with E-state index in [9.17, 15) is 0 Å². The molecule has 1 aromatic carbocycles. The Morgan fingerprint density at radius 3 is 1.48 bits per heavy atom. The van der Waals surface area contributed by atoms with E-state index in [4.69, 9.17) is 34.4 Å². The van der Waals surface area contributed by atoms with Gasteiger partial charge in [-0.1, -0.05) is 50.3 Å². The first-order valence-corrected chi connectivity index (χ1v) is 6.80. The Hall–Kier alpha value is 4.77. The molecule has 1 rings (SSSR count). The summed E-state index contributed by atoms with van der Waals surface area (Å²) >= 11 is 0. The van der Waals surface area contributed by atoms with Crippen LogP contribution < -0.4 is 164 Å². The van der Waals surface area contributed by atoms with Gasteiger partial charge in [0.15, 0.2) is 0 Å². The molecule has 0 spiro atoms. The molecule has 110 valence electrons. The predicted octanol–water partition coefficient (Wildman–Crippen LogP) is -6.03. The summed E-state index contributed by atoms with van der Waals surface area (Å²) in [7, 11) is 1.36. The van der Waals surface area contributed by atoms with E-state index in [1.54, 1.807) is 30.3 Å². The first-order valence-electron chi connectivity index (χ1n) is 3.55. The van der Waals surface area contributed by atoms with Crippen molar-refractivity contribution in [3.8, 4) is 0 Å². The second-order valence-electron chi connectivity index (χ2n) is 2.20. The van der Waals surface area contributed by atoms with Gasteiger partial charge < -0.3 is 11.5 Å². The minimum atomic E-state index is -3.03. The molecule has 2 N–H and O–H groups in total. The minimum absolute atomic E-state index is 0. The smallest absolute Gasteiger partial charge is 1.00 e. The second-order valence-corrected chi connectivity index (χ2v) is 5.56. The Balaban J connectivity index is -0.0000000249. The van der Waals surface area contributed by atoms with Crippen LogP contribution in [0.25, 0.3) is 0 Å². The first-order chi connectivity index (χ1) is 6.88. The molecular weight excluding hydrogens is 415 g/mol. The van der Waals surface area contributed by atoms with Crippen LogP contribution in [0.15, 0.2) is 35.2 Å². The number of benzene rings is 1. The number of rotatable bonds is 2. The van der Waals surface area contributed by atoms with Crippen LogP contribution in [0.3, 0.4) is 0 Å². The molecule has 0 heterocycles. The molecule has 0 unspecified atom stereocenters. The van der Waals surface area contributed by atoms with Crippen LogP contribution >= 0.6 is 28.8 Å². The van der Waals surface area contributed by atoms with Crippen LogP contribution in [0, 0.1) is 0 Å². The van der Waals surface area contributed by atoms with E-state index < -0.39 is 25.0 Å². The van der Waals surface area contributed by atoms with E-state index in [2.05, 4.69) is 0 Å². The monoisotopic (exact) mass is 434 g/mol. The molecule has 0 fully saturated rings. The Kier molecular flexibility index (Phi) is 57.7. The average Bonchev–Trinajstić information content (AvgIpc) is 2.19. The zero-order valence-corrected chi connectivity index (χ0v) is 22.2. The fourth-order valence-electron chi connectivity index (χ4n) is 0.594. The maximum absolute atomic E-state index is 9.02. The van der Waals surface area contributed by atoms with Gasteiger partial charge in [0.1, 0.15) is 0 Å². The molecule has 12 heteroatoms. The molecule has 0 aliphatic rings. The number of halogens is 1. The summed E-state index contributed by atoms with van der Waals surface area (Å²) in [6, 6.07) is 8.33. The SMILES string of the molecule is C.C.C.O=PB([O-])[O-].OS(O)(Cl)c1ccccc1.[H-].[K+].[K+].[K+]. The van der Waals surface area contributed by atoms with Gasteiger partial charge in [0.25, 0.3) is 0 Å². The van der Waals surface area contributed by atoms with Crippen LogP contribution in [0.4, 0.5) is 0 Å². The Labute approximate surface area is 265 Å². The number of hydrogen-bond acceptors (Lipinski definition) is 5. The van der Waals surface area contributed by atoms with Crippen molar-refractivity contribution in [2.45, 2.75) is 27.2 Å². The minimum Gasteiger partial charge on any atom is -1.00 e. The van der Waals surface area contributed by atoms with Crippen LogP contribution in [-0.2, 0) is 4.57 Å². The van der Waals surface area contributed by atoms with Gasteiger partial charge in [-0.05, 0) is 12.1 Å². The Morgan fingerprint density at radius 1 is 1.05 bits per heavy atom. The summed E-state index contributed by atoms with van der Waals surface area (Å²) in [4.78, 5) is 0.358. The van der Waals surface area contributed by atoms with Crippen molar-refractivity contribution in [3.63, 3.8) is 0 Å². The first kappa shape index (κ1) is 44.9. The van der Waals surface area contributed by atoms with Crippen molar-refractivity contribution >= 4 is 35.7 Å². The van der Waals surface area contributed by atoms with Crippen molar-refractivity contribution in [2.24, 2.45) is 0 Å². The zero-order valence-electron chi connectivity index (χ0n) is 11.3. The Morgan fingerprint density at radius 2 is 1.33 bits per heavy atom. The van der Waals surface area contributed by atoms with Gasteiger partial charge in [-0.25, -0.2) is 0 Å². The van der Waals surface area contributed by atoms with E-state index in [1.165, 1.54) is 0 Å². The molecule has 0 aliphatic carbocycles. The van der Waals surface area contributed by atoms with Crippen LogP contribution in [0.2, 0.25) is 0 Å². The van der Waals surface area contributed by atoms with Crippen molar-refractivity contribution in [1.29, 1.82) is 0 Å². The fourth-order valence-corrected chi connectivity index (χ4v) is 1.41. The average molecular weight is 435 g/mol. The molecule has 21 heavy (non-hydrogen) atoms. The van der Waals surface area contributed by atoms with E-state index >= 15 is 0 Å². The largest absolute Gasteiger partial charge is 1.00 e. The van der Waals surface area contributed by atoms with Crippen LogP contribution in [0.1, 0.15) is 23.7 Å². The van der Waals surface area contributed by atoms with Gasteiger partial charge in [0, 0.05) is 25.9 Å². The van der Waals surface area contributed by atoms with Gasteiger partial charge in [-0.15, -0.1) is 0 Å². The quantitative estimate of drug-likeness (QED) is 0.356. The molecule has 0 saturated heterocycles. The van der Waals surface area contributed by atoms with Gasteiger partial charge in [0.2, 0.25) is 0 Å². The van der Waals surface area contributed by atoms with Gasteiger partial charge in [0.05, 0.1) is 4.90 Å². The molecular formula is C9H20BClK3O5PS. The van der Waals surface area contributed by atoms with Crippen molar-refractivity contribution < 1.29 is 179 Å². The van der Waals surface area contributed by atoms with Gasteiger partial charge in [-0.3, -0.25) is 13.7 Å². The molecule has 0 amide bonds. The van der Waals surface area contributed by atoms with Gasteiger partial charge >= 0.3 is 154 Å². The van der Waals surface area contributed by atoms with E-state index in [0.29, 0.717) is 4.90 Å². The molecule has 0 saturated carbocycles. The Bertz CT molecular complexity index is 315. The molecule has 0 radical (unpaired) electrons. The van der Waals surface area contributed by atoms with Gasteiger partial charge in [-0.2, -0.15) is 0 Å². The molecule has 0 aromatic heterocycles. The van der Waals surface area contributed by atoms with Crippen molar-refractivity contribution in [2.75, 3.05) is 0 Å². The number of hydrogen-bond donors (Lipinski definition) is 2. The summed E-state index contributed by atoms with van der Waals surface area (Å²) in [5.41, 5.74) is 0. The summed E-state index contributed by atoms with van der Waals surface area (Å²) in [5, 5.41) is 18.0. The second kappa shape index (κ2) is 27.0. The van der Waals surface area contributed by atoms with E-state index in [1.807, 2.05) is 0 Å². The van der Waals surface area contributed by atoms with E-state index in [0.717, 1.165) is 0 Å². The normalized spacial score (nSPS) is 8.24. The fraction of sp³-hybridized carbons (Fsp3) is 0.333. The van der Waals surface area contributed by atoms with Crippen molar-refractivity contribution in [3.05, 3.63) is 30.3 Å². The molecule has 5 nitrogen and oxygen atoms in total. The standard InChI is InChI=1S/C6H7ClO2S.3CH4.BO3P.3K.H/c7-10(8,9)6-4-2-1-3-5-6;;;;2-1(3)5-4;;;;/h1-5,8-9H;3*1H4;;;;;/q;;;;-2;3*+1;-1.